The molecular formula is C51H53ClF2N6O5. The lowest BCUT2D eigenvalue weighted by molar-refractivity contribution is -0.137. The summed E-state index contributed by atoms with van der Waals surface area (Å²) in [7, 11) is 0. The van der Waals surface area contributed by atoms with Crippen molar-refractivity contribution in [3.8, 4) is 11.8 Å². The maximum absolute atomic E-state index is 16.2. The molecule has 11 nitrogen and oxygen atoms in total. The summed E-state index contributed by atoms with van der Waals surface area (Å²) in [5, 5.41) is 13.1. The summed E-state index contributed by atoms with van der Waals surface area (Å²) in [6, 6.07) is 13.2. The number of amides is 5. The quantitative estimate of drug-likeness (QED) is 0.164. The number of nitrogens with one attached hydrogen (secondary N) is 4. The van der Waals surface area contributed by atoms with Crippen LogP contribution in [0.15, 0.2) is 54.6 Å². The first-order valence-corrected chi connectivity index (χ1v) is 23.9. The Kier molecular flexibility index (Phi) is 10.3. The van der Waals surface area contributed by atoms with Crippen LogP contribution < -0.4 is 21.3 Å². The van der Waals surface area contributed by atoms with E-state index in [0.29, 0.717) is 47.6 Å². The predicted octanol–water partition coefficient (Wildman–Crippen LogP) is 6.75. The normalized spacial score (nSPS) is 31.7. The third-order valence-electron chi connectivity index (χ3n) is 17.1. The second kappa shape index (κ2) is 15.7. The number of anilines is 1. The minimum Gasteiger partial charge on any atom is -0.349 e. The van der Waals surface area contributed by atoms with Crippen LogP contribution in [-0.4, -0.2) is 81.1 Å². The van der Waals surface area contributed by atoms with Gasteiger partial charge in [-0.2, -0.15) is 0 Å². The van der Waals surface area contributed by atoms with Crippen LogP contribution in [0, 0.1) is 29.4 Å². The molecule has 5 heterocycles. The number of imide groups is 1. The molecule has 3 saturated heterocycles. The number of nitrogens with zero attached hydrogens (tertiary/aromatic N) is 2. The number of hydrogen-bond acceptors (Lipinski definition) is 7. The van der Waals surface area contributed by atoms with Crippen LogP contribution in [0.1, 0.15) is 135 Å². The van der Waals surface area contributed by atoms with Gasteiger partial charge in [0, 0.05) is 63.3 Å². The van der Waals surface area contributed by atoms with Crippen molar-refractivity contribution in [3.05, 3.63) is 99.1 Å². The van der Waals surface area contributed by atoms with E-state index in [1.54, 1.807) is 23.1 Å². The van der Waals surface area contributed by atoms with Crippen LogP contribution >= 0.6 is 11.6 Å². The lowest BCUT2D eigenvalue weighted by atomic mass is 9.55. The average molecular weight is 903 g/mol. The molecule has 7 fully saturated rings. The summed E-state index contributed by atoms with van der Waals surface area (Å²) in [5.41, 5.74) is 0.755. The smallest absolute Gasteiger partial charge is 0.255 e. The molecule has 5 amide bonds. The van der Waals surface area contributed by atoms with Gasteiger partial charge in [0.15, 0.2) is 11.6 Å². The Morgan fingerprint density at radius 3 is 2.32 bits per heavy atom. The third kappa shape index (κ3) is 6.59. The second-order valence-corrected chi connectivity index (χ2v) is 20.5. The summed E-state index contributed by atoms with van der Waals surface area (Å²) in [6.45, 7) is 2.12. The van der Waals surface area contributed by atoms with Crippen molar-refractivity contribution in [2.75, 3.05) is 18.4 Å². The topological polar surface area (TPSA) is 140 Å². The molecule has 4 aliphatic carbocycles. The maximum atomic E-state index is 16.2. The van der Waals surface area contributed by atoms with E-state index >= 15 is 13.6 Å². The van der Waals surface area contributed by atoms with Crippen molar-refractivity contribution in [2.24, 2.45) is 5.92 Å². The van der Waals surface area contributed by atoms with Gasteiger partial charge in [-0.25, -0.2) is 8.78 Å². The van der Waals surface area contributed by atoms with Crippen molar-refractivity contribution >= 4 is 46.8 Å². The zero-order valence-corrected chi connectivity index (χ0v) is 37.1. The lowest BCUT2D eigenvalue weighted by Crippen LogP contribution is -2.66. The highest BCUT2D eigenvalue weighted by atomic mass is 35.5. The fourth-order valence-electron chi connectivity index (χ4n) is 13.8. The number of carbonyl (C=O) groups excluding carboxylic acids is 5. The standard InChI is InChI=1S/C51H53ClF2N6O5/c52-32-12-13-36-38(28-32)55-47(65)51(36)41(34-8-5-9-37(53)42(34)54)43(57-50(51)18-2-1-3-19-50)45(63)58-48-20-23-49(24-21-48,25-22-48)59-26-16-30(17-27-59)10-11-31-6-4-7-33-35(31)29-60(46(33)64)39-14-15-40(61)56-44(39)62/h4-9,12-13,28,30,39,41,43,57H,1-3,14-27,29H2,(H,55,65)(H,58,63)(H,56,61,62)/t39?,41-,43+,48?,49?,51+/m0/s1. The molecule has 0 aromatic heterocycles. The Labute approximate surface area is 382 Å². The van der Waals surface area contributed by atoms with Gasteiger partial charge in [-0.05, 0) is 131 Å². The van der Waals surface area contributed by atoms with Crippen LogP contribution in [0.5, 0.6) is 0 Å². The SMILES string of the molecule is O=C1CCC(N2Cc3c(C#CC4CCN(C56CCC(NC(=O)[C@@H]7NC8(CCCCC8)[C@@]8(C(=O)Nc9cc(Cl)ccc98)[C@H]7c7cccc(F)c7F)(CC5)CC6)CC4)cccc3C2=O)C(=O)N1. The van der Waals surface area contributed by atoms with Gasteiger partial charge in [0.25, 0.3) is 5.91 Å². The number of piperidine rings is 2. The van der Waals surface area contributed by atoms with Gasteiger partial charge in [0.05, 0.1) is 6.04 Å². The highest BCUT2D eigenvalue weighted by Gasteiger charge is 2.72. The lowest BCUT2D eigenvalue weighted by Gasteiger charge is -2.59. The summed E-state index contributed by atoms with van der Waals surface area (Å²) < 4.78 is 31.5. The van der Waals surface area contributed by atoms with E-state index in [2.05, 4.69) is 38.0 Å². The van der Waals surface area contributed by atoms with E-state index < -0.39 is 52.0 Å². The molecule has 2 spiro atoms. The first kappa shape index (κ1) is 42.5. The van der Waals surface area contributed by atoms with E-state index in [-0.39, 0.29) is 47.1 Å². The number of rotatable bonds is 5. The molecule has 14 heteroatoms. The van der Waals surface area contributed by atoms with Gasteiger partial charge in [-0.3, -0.25) is 39.5 Å². The molecule has 65 heavy (non-hydrogen) atoms. The van der Waals surface area contributed by atoms with Crippen molar-refractivity contribution in [3.63, 3.8) is 0 Å². The molecule has 2 bridgehead atoms. The minimum atomic E-state index is -1.38. The molecule has 4 N–H and O–H groups in total. The van der Waals surface area contributed by atoms with Crippen LogP contribution in [-0.2, 0) is 31.1 Å². The second-order valence-electron chi connectivity index (χ2n) is 20.1. The Balaban J connectivity index is 0.786. The maximum Gasteiger partial charge on any atom is 0.255 e. The zero-order chi connectivity index (χ0) is 44.9. The van der Waals surface area contributed by atoms with Crippen molar-refractivity contribution in [1.29, 1.82) is 0 Å². The summed E-state index contributed by atoms with van der Waals surface area (Å²) >= 11 is 6.44. The molecule has 3 aromatic rings. The fourth-order valence-corrected chi connectivity index (χ4v) is 13.9. The summed E-state index contributed by atoms with van der Waals surface area (Å²) in [6.07, 6.45) is 11.4. The largest absolute Gasteiger partial charge is 0.349 e. The first-order chi connectivity index (χ1) is 31.4. The van der Waals surface area contributed by atoms with Crippen LogP contribution in [0.3, 0.4) is 0 Å². The number of hydrogen-bond donors (Lipinski definition) is 4. The van der Waals surface area contributed by atoms with Crippen LogP contribution in [0.2, 0.25) is 5.02 Å². The molecule has 338 valence electrons. The Hall–Kier alpha value is -5.16. The Bertz CT molecular complexity index is 2590. The molecule has 3 aromatic carbocycles. The highest BCUT2D eigenvalue weighted by molar-refractivity contribution is 6.31. The highest BCUT2D eigenvalue weighted by Crippen LogP contribution is 2.63. The van der Waals surface area contributed by atoms with Gasteiger partial charge < -0.3 is 15.5 Å². The van der Waals surface area contributed by atoms with Gasteiger partial charge in [-0.1, -0.05) is 67.0 Å². The minimum absolute atomic E-state index is 0.0224. The number of carbonyl (C=O) groups is 5. The first-order valence-electron chi connectivity index (χ1n) is 23.5. The molecular weight excluding hydrogens is 850 g/mol. The van der Waals surface area contributed by atoms with Crippen LogP contribution in [0.4, 0.5) is 14.5 Å². The Morgan fingerprint density at radius 2 is 1.58 bits per heavy atom. The van der Waals surface area contributed by atoms with E-state index in [9.17, 15) is 19.2 Å². The van der Waals surface area contributed by atoms with E-state index in [1.165, 1.54) is 12.1 Å². The van der Waals surface area contributed by atoms with Gasteiger partial charge in [0.1, 0.15) is 11.5 Å². The molecule has 9 aliphatic rings. The number of likely N-dealkylation sites (tertiary alicyclic amines) is 1. The Morgan fingerprint density at radius 1 is 0.846 bits per heavy atom. The number of fused-ring (bicyclic) bond motifs is 7. The van der Waals surface area contributed by atoms with Gasteiger partial charge >= 0.3 is 0 Å². The zero-order valence-electron chi connectivity index (χ0n) is 36.3. The molecule has 5 aliphatic heterocycles. The van der Waals surface area contributed by atoms with Gasteiger partial charge in [-0.15, -0.1) is 0 Å². The van der Waals surface area contributed by atoms with Crippen molar-refractivity contribution in [1.82, 2.24) is 25.8 Å². The summed E-state index contributed by atoms with van der Waals surface area (Å²) in [5.74, 6) is 2.50. The molecule has 4 atom stereocenters. The third-order valence-corrected chi connectivity index (χ3v) is 17.3. The van der Waals surface area contributed by atoms with Gasteiger partial charge in [0.2, 0.25) is 23.6 Å². The fraction of sp³-hybridized carbons (Fsp3) is 0.510. The number of halogens is 3. The number of benzene rings is 3. The van der Waals surface area contributed by atoms with Crippen LogP contribution in [0.25, 0.3) is 0 Å². The van der Waals surface area contributed by atoms with Crippen molar-refractivity contribution < 1.29 is 32.8 Å². The molecule has 0 radical (unpaired) electrons. The average Bonchev–Trinajstić information content (AvgIpc) is 3.91. The predicted molar refractivity (Wildman–Crippen MR) is 239 cm³/mol. The summed E-state index contributed by atoms with van der Waals surface area (Å²) in [4.78, 5) is 71.7. The van der Waals surface area contributed by atoms with E-state index in [4.69, 9.17) is 11.6 Å². The monoisotopic (exact) mass is 902 g/mol. The van der Waals surface area contributed by atoms with Crippen molar-refractivity contribution in [2.45, 2.75) is 143 Å². The van der Waals surface area contributed by atoms with E-state index in [0.717, 1.165) is 101 Å². The molecule has 1 unspecified atom stereocenters. The molecule has 12 rings (SSSR count). The van der Waals surface area contributed by atoms with E-state index in [1.807, 2.05) is 18.2 Å². The molecule has 4 saturated carbocycles.